The molecule has 1 atom stereocenters. The van der Waals surface area contributed by atoms with Crippen molar-refractivity contribution in [2.24, 2.45) is 0 Å². The van der Waals surface area contributed by atoms with E-state index in [1.54, 1.807) is 6.20 Å². The minimum atomic E-state index is -0.145. The first-order valence-electron chi connectivity index (χ1n) is 7.62. The maximum absolute atomic E-state index is 12.1. The lowest BCUT2D eigenvalue weighted by atomic mass is 10.1. The van der Waals surface area contributed by atoms with Gasteiger partial charge < -0.3 is 5.32 Å². The number of nitrogens with one attached hydrogen (secondary N) is 1. The molecule has 1 heterocycles. The molecule has 0 bridgehead atoms. The first-order valence-corrected chi connectivity index (χ1v) is 8.50. The lowest BCUT2D eigenvalue weighted by molar-refractivity contribution is -0.120. The Bertz CT molecular complexity index is 691. The van der Waals surface area contributed by atoms with Gasteiger partial charge in [0, 0.05) is 24.1 Å². The Balaban J connectivity index is 1.76. The predicted octanol–water partition coefficient (Wildman–Crippen LogP) is 3.25. The van der Waals surface area contributed by atoms with Gasteiger partial charge in [-0.1, -0.05) is 17.8 Å². The third kappa shape index (κ3) is 3.35. The Morgan fingerprint density at radius 3 is 2.82 bits per heavy atom. The van der Waals surface area contributed by atoms with Crippen LogP contribution < -0.4 is 5.32 Å². The highest BCUT2D eigenvalue weighted by molar-refractivity contribution is 8.00. The second-order valence-electron chi connectivity index (χ2n) is 5.89. The van der Waals surface area contributed by atoms with Gasteiger partial charge in [-0.05, 0) is 56.9 Å². The van der Waals surface area contributed by atoms with Gasteiger partial charge in [0.05, 0.1) is 5.25 Å². The highest BCUT2D eigenvalue weighted by Gasteiger charge is 2.26. The van der Waals surface area contributed by atoms with Crippen LogP contribution in [-0.4, -0.2) is 26.8 Å². The van der Waals surface area contributed by atoms with Gasteiger partial charge in [-0.2, -0.15) is 0 Å². The summed E-state index contributed by atoms with van der Waals surface area (Å²) >= 11 is 1.50. The first-order chi connectivity index (χ1) is 10.5. The fourth-order valence-electron chi connectivity index (χ4n) is 2.21. The van der Waals surface area contributed by atoms with Crippen LogP contribution in [0.4, 0.5) is 0 Å². The number of benzene rings is 1. The second-order valence-corrected chi connectivity index (χ2v) is 7.20. The van der Waals surface area contributed by atoms with Gasteiger partial charge in [0.1, 0.15) is 0 Å². The van der Waals surface area contributed by atoms with Crippen LogP contribution in [0.1, 0.15) is 30.9 Å². The van der Waals surface area contributed by atoms with Crippen molar-refractivity contribution in [1.82, 2.24) is 14.9 Å². The highest BCUT2D eigenvalue weighted by Crippen LogP contribution is 2.27. The fourth-order valence-corrected chi connectivity index (χ4v) is 3.10. The van der Waals surface area contributed by atoms with E-state index in [-0.39, 0.29) is 11.2 Å². The normalized spacial score (nSPS) is 15.6. The monoisotopic (exact) mass is 315 g/mol. The molecule has 0 spiro atoms. The number of rotatable bonds is 5. The number of hydrogen-bond acceptors (Lipinski definition) is 3. The van der Waals surface area contributed by atoms with E-state index in [9.17, 15) is 4.79 Å². The van der Waals surface area contributed by atoms with Gasteiger partial charge >= 0.3 is 0 Å². The maximum Gasteiger partial charge on any atom is 0.233 e. The van der Waals surface area contributed by atoms with E-state index in [0.717, 1.165) is 23.7 Å². The molecule has 0 aliphatic heterocycles. The molecule has 1 N–H and O–H groups in total. The summed E-state index contributed by atoms with van der Waals surface area (Å²) in [6.07, 6.45) is 5.95. The smallest absolute Gasteiger partial charge is 0.233 e. The van der Waals surface area contributed by atoms with Crippen molar-refractivity contribution in [3.63, 3.8) is 0 Å². The topological polar surface area (TPSA) is 46.9 Å². The van der Waals surface area contributed by atoms with Gasteiger partial charge in [0.15, 0.2) is 5.16 Å². The SMILES string of the molecule is Cc1ccc(-n2ccnc2SC(C)C(=O)NC2CC2)cc1C. The summed E-state index contributed by atoms with van der Waals surface area (Å²) in [7, 11) is 0. The van der Waals surface area contributed by atoms with Crippen LogP contribution in [-0.2, 0) is 4.79 Å². The van der Waals surface area contributed by atoms with Crippen LogP contribution in [0.25, 0.3) is 5.69 Å². The quantitative estimate of drug-likeness (QED) is 0.862. The molecule has 1 aromatic heterocycles. The molecule has 1 amide bonds. The number of amides is 1. The van der Waals surface area contributed by atoms with E-state index < -0.39 is 0 Å². The van der Waals surface area contributed by atoms with E-state index in [0.29, 0.717) is 6.04 Å². The standard InChI is InChI=1S/C17H21N3OS/c1-11-4-7-15(10-12(11)2)20-9-8-18-17(20)22-13(3)16(21)19-14-5-6-14/h4,7-10,13-14H,5-6H2,1-3H3,(H,19,21). The molecule has 1 saturated carbocycles. The molecule has 1 fully saturated rings. The number of thioether (sulfide) groups is 1. The third-order valence-corrected chi connectivity index (χ3v) is 5.03. The molecular formula is C17H21N3OS. The van der Waals surface area contributed by atoms with Crippen molar-refractivity contribution in [1.29, 1.82) is 0 Å². The van der Waals surface area contributed by atoms with Crippen molar-refractivity contribution in [3.8, 4) is 5.69 Å². The molecule has 1 unspecified atom stereocenters. The molecule has 116 valence electrons. The van der Waals surface area contributed by atoms with Crippen molar-refractivity contribution >= 4 is 17.7 Å². The minimum Gasteiger partial charge on any atom is -0.352 e. The summed E-state index contributed by atoms with van der Waals surface area (Å²) in [4.78, 5) is 16.5. The third-order valence-electron chi connectivity index (χ3n) is 3.95. The summed E-state index contributed by atoms with van der Waals surface area (Å²) in [5.41, 5.74) is 3.61. The largest absolute Gasteiger partial charge is 0.352 e. The molecule has 0 radical (unpaired) electrons. The summed E-state index contributed by atoms with van der Waals surface area (Å²) in [6.45, 7) is 6.14. The maximum atomic E-state index is 12.1. The summed E-state index contributed by atoms with van der Waals surface area (Å²) < 4.78 is 2.04. The van der Waals surface area contributed by atoms with Gasteiger partial charge in [-0.3, -0.25) is 9.36 Å². The Morgan fingerprint density at radius 2 is 2.14 bits per heavy atom. The van der Waals surface area contributed by atoms with Crippen LogP contribution in [0, 0.1) is 13.8 Å². The minimum absolute atomic E-state index is 0.0992. The number of carbonyl (C=O) groups excluding carboxylic acids is 1. The zero-order valence-corrected chi connectivity index (χ0v) is 14.0. The number of hydrogen-bond donors (Lipinski definition) is 1. The number of aromatic nitrogens is 2. The van der Waals surface area contributed by atoms with Crippen molar-refractivity contribution in [2.45, 2.75) is 50.1 Å². The van der Waals surface area contributed by atoms with Crippen molar-refractivity contribution < 1.29 is 4.79 Å². The molecule has 2 aromatic rings. The van der Waals surface area contributed by atoms with Crippen LogP contribution in [0.15, 0.2) is 35.7 Å². The van der Waals surface area contributed by atoms with E-state index in [4.69, 9.17) is 0 Å². The molecule has 4 nitrogen and oxygen atoms in total. The fraction of sp³-hybridized carbons (Fsp3) is 0.412. The number of carbonyl (C=O) groups is 1. The van der Waals surface area contributed by atoms with E-state index in [2.05, 4.69) is 42.3 Å². The van der Waals surface area contributed by atoms with E-state index >= 15 is 0 Å². The van der Waals surface area contributed by atoms with Crippen LogP contribution in [0.2, 0.25) is 0 Å². The summed E-state index contributed by atoms with van der Waals surface area (Å²) in [5.74, 6) is 0.0992. The van der Waals surface area contributed by atoms with Crippen molar-refractivity contribution in [3.05, 3.63) is 41.7 Å². The number of aryl methyl sites for hydroxylation is 2. The zero-order valence-electron chi connectivity index (χ0n) is 13.2. The predicted molar refractivity (Wildman–Crippen MR) is 89.5 cm³/mol. The van der Waals surface area contributed by atoms with Gasteiger partial charge in [0.2, 0.25) is 5.91 Å². The Morgan fingerprint density at radius 1 is 1.36 bits per heavy atom. The lowest BCUT2D eigenvalue weighted by Gasteiger charge is -2.13. The van der Waals surface area contributed by atoms with E-state index in [1.807, 2.05) is 17.7 Å². The molecular weight excluding hydrogens is 294 g/mol. The molecule has 0 saturated heterocycles. The van der Waals surface area contributed by atoms with Gasteiger partial charge in [0.25, 0.3) is 0 Å². The Hall–Kier alpha value is -1.75. The first kappa shape index (κ1) is 15.2. The van der Waals surface area contributed by atoms with Crippen LogP contribution in [0.5, 0.6) is 0 Å². The summed E-state index contributed by atoms with van der Waals surface area (Å²) in [6, 6.07) is 6.75. The molecule has 1 aliphatic carbocycles. The number of nitrogens with zero attached hydrogens (tertiary/aromatic N) is 2. The average molecular weight is 315 g/mol. The second kappa shape index (κ2) is 6.16. The van der Waals surface area contributed by atoms with Crippen LogP contribution in [0.3, 0.4) is 0 Å². The molecule has 22 heavy (non-hydrogen) atoms. The Kier molecular flexibility index (Phi) is 4.25. The van der Waals surface area contributed by atoms with E-state index in [1.165, 1.54) is 22.9 Å². The zero-order chi connectivity index (χ0) is 15.7. The summed E-state index contributed by atoms with van der Waals surface area (Å²) in [5, 5.41) is 3.75. The molecule has 5 heteroatoms. The van der Waals surface area contributed by atoms with Gasteiger partial charge in [-0.25, -0.2) is 4.98 Å². The van der Waals surface area contributed by atoms with Crippen LogP contribution >= 0.6 is 11.8 Å². The molecule has 3 rings (SSSR count). The average Bonchev–Trinajstić information content (AvgIpc) is 3.18. The van der Waals surface area contributed by atoms with Gasteiger partial charge in [-0.15, -0.1) is 0 Å². The number of imidazole rings is 1. The molecule has 1 aliphatic rings. The van der Waals surface area contributed by atoms with Crippen molar-refractivity contribution in [2.75, 3.05) is 0 Å². The molecule has 1 aromatic carbocycles. The lowest BCUT2D eigenvalue weighted by Crippen LogP contribution is -2.32. The highest BCUT2D eigenvalue weighted by atomic mass is 32.2. The Labute approximate surface area is 135 Å².